The fourth-order valence-electron chi connectivity index (χ4n) is 2.80. The molecule has 0 saturated carbocycles. The molecular weight excluding hydrogens is 420 g/mol. The molecule has 0 atom stereocenters. The molecule has 0 amide bonds. The van der Waals surface area contributed by atoms with Crippen molar-refractivity contribution in [3.05, 3.63) is 54.6 Å². The zero-order chi connectivity index (χ0) is 20.4. The van der Waals surface area contributed by atoms with Crippen LogP contribution in [0.2, 0.25) is 0 Å². The highest BCUT2D eigenvalue weighted by Gasteiger charge is 2.29. The largest absolute Gasteiger partial charge is 0.346 e. The summed E-state index contributed by atoms with van der Waals surface area (Å²) in [6.07, 6.45) is 0. The molecule has 1 heterocycles. The first-order chi connectivity index (χ1) is 13.2. The zero-order valence-corrected chi connectivity index (χ0v) is 17.3. The van der Waals surface area contributed by atoms with Crippen LogP contribution in [0.1, 0.15) is 0 Å². The SMILES string of the molecule is NS(=O)(=O)c1ccc(NC(=S)N2CCN(S(=O)(=O)c3ccccc3)CC2)cc1. The maximum Gasteiger partial charge on any atom is 0.243 e. The second-order valence-electron chi connectivity index (χ2n) is 6.20. The normalized spacial score (nSPS) is 16.0. The van der Waals surface area contributed by atoms with Gasteiger partial charge < -0.3 is 10.2 Å². The van der Waals surface area contributed by atoms with E-state index in [2.05, 4.69) is 5.32 Å². The molecule has 0 aliphatic carbocycles. The van der Waals surface area contributed by atoms with E-state index in [1.54, 1.807) is 42.5 Å². The Balaban J connectivity index is 1.60. The molecule has 1 aliphatic rings. The molecule has 0 aromatic heterocycles. The number of hydrogen-bond acceptors (Lipinski definition) is 5. The van der Waals surface area contributed by atoms with E-state index in [9.17, 15) is 16.8 Å². The Kier molecular flexibility index (Phi) is 6.01. The molecule has 0 radical (unpaired) electrons. The van der Waals surface area contributed by atoms with Gasteiger partial charge in [-0.2, -0.15) is 4.31 Å². The molecule has 3 N–H and O–H groups in total. The lowest BCUT2D eigenvalue weighted by Gasteiger charge is -2.35. The Bertz CT molecular complexity index is 1050. The summed E-state index contributed by atoms with van der Waals surface area (Å²) in [5, 5.41) is 8.55. The first kappa shape index (κ1) is 20.7. The van der Waals surface area contributed by atoms with Gasteiger partial charge in [-0.15, -0.1) is 0 Å². The summed E-state index contributed by atoms with van der Waals surface area (Å²) < 4.78 is 49.4. The summed E-state index contributed by atoms with van der Waals surface area (Å²) in [6.45, 7) is 1.55. The lowest BCUT2D eigenvalue weighted by molar-refractivity contribution is 0.268. The third-order valence-corrected chi connectivity index (χ3v) is 7.54. The maximum atomic E-state index is 12.7. The molecule has 150 valence electrons. The second kappa shape index (κ2) is 8.13. The Morgan fingerprint density at radius 2 is 1.43 bits per heavy atom. The molecule has 2 aromatic rings. The number of nitrogens with one attached hydrogen (secondary N) is 1. The van der Waals surface area contributed by atoms with Crippen LogP contribution in [0.3, 0.4) is 0 Å². The van der Waals surface area contributed by atoms with E-state index in [0.717, 1.165) is 0 Å². The highest BCUT2D eigenvalue weighted by molar-refractivity contribution is 7.89. The molecular formula is C17H20N4O4S3. The smallest absolute Gasteiger partial charge is 0.243 e. The number of benzene rings is 2. The standard InChI is InChI=1S/C17H20N4O4S3/c18-27(22,23)15-8-6-14(7-9-15)19-17(26)20-10-12-21(13-11-20)28(24,25)16-4-2-1-3-5-16/h1-9H,10-13H2,(H,19,26)(H2,18,22,23). The Hall–Kier alpha value is -2.05. The Morgan fingerprint density at radius 1 is 0.857 bits per heavy atom. The summed E-state index contributed by atoms with van der Waals surface area (Å²) in [7, 11) is -7.26. The summed E-state index contributed by atoms with van der Waals surface area (Å²) in [5.74, 6) is 0. The number of nitrogens with zero attached hydrogens (tertiary/aromatic N) is 2. The number of piperazine rings is 1. The van der Waals surface area contributed by atoms with E-state index in [1.165, 1.54) is 16.4 Å². The van der Waals surface area contributed by atoms with Crippen molar-refractivity contribution >= 4 is 43.1 Å². The summed E-state index contributed by atoms with van der Waals surface area (Å²) in [6, 6.07) is 14.3. The van der Waals surface area contributed by atoms with Crippen LogP contribution in [0.25, 0.3) is 0 Å². The van der Waals surface area contributed by atoms with Gasteiger partial charge in [-0.1, -0.05) is 18.2 Å². The molecule has 11 heteroatoms. The van der Waals surface area contributed by atoms with E-state index < -0.39 is 20.0 Å². The zero-order valence-electron chi connectivity index (χ0n) is 14.9. The van der Waals surface area contributed by atoms with Gasteiger partial charge in [0.15, 0.2) is 5.11 Å². The molecule has 2 aromatic carbocycles. The minimum Gasteiger partial charge on any atom is -0.346 e. The number of sulfonamides is 2. The van der Waals surface area contributed by atoms with Crippen LogP contribution >= 0.6 is 12.2 Å². The number of nitrogens with two attached hydrogens (primary N) is 1. The molecule has 0 spiro atoms. The molecule has 8 nitrogen and oxygen atoms in total. The van der Waals surface area contributed by atoms with Crippen molar-refractivity contribution < 1.29 is 16.8 Å². The predicted octanol–water partition coefficient (Wildman–Crippen LogP) is 1.04. The van der Waals surface area contributed by atoms with Gasteiger partial charge in [-0.3, -0.25) is 0 Å². The van der Waals surface area contributed by atoms with Crippen LogP contribution in [-0.4, -0.2) is 57.3 Å². The molecule has 1 fully saturated rings. The first-order valence-electron chi connectivity index (χ1n) is 8.42. The van der Waals surface area contributed by atoms with Crippen LogP contribution in [0.5, 0.6) is 0 Å². The Labute approximate surface area is 170 Å². The number of hydrogen-bond donors (Lipinski definition) is 2. The van der Waals surface area contributed by atoms with Crippen LogP contribution in [-0.2, 0) is 20.0 Å². The van der Waals surface area contributed by atoms with Crippen LogP contribution in [0.15, 0.2) is 64.4 Å². The maximum absolute atomic E-state index is 12.7. The lowest BCUT2D eigenvalue weighted by Crippen LogP contribution is -2.51. The van der Waals surface area contributed by atoms with Crippen molar-refractivity contribution in [2.75, 3.05) is 31.5 Å². The van der Waals surface area contributed by atoms with Gasteiger partial charge in [0.1, 0.15) is 0 Å². The van der Waals surface area contributed by atoms with Crippen LogP contribution in [0.4, 0.5) is 5.69 Å². The quantitative estimate of drug-likeness (QED) is 0.683. The third kappa shape index (κ3) is 4.67. The second-order valence-corrected chi connectivity index (χ2v) is 10.1. The van der Waals surface area contributed by atoms with Crippen molar-refractivity contribution in [1.82, 2.24) is 9.21 Å². The minimum absolute atomic E-state index is 0.0173. The van der Waals surface area contributed by atoms with Gasteiger partial charge in [-0.25, -0.2) is 22.0 Å². The molecule has 3 rings (SSSR count). The Morgan fingerprint density at radius 3 is 1.96 bits per heavy atom. The molecule has 1 aliphatic heterocycles. The van der Waals surface area contributed by atoms with Gasteiger partial charge >= 0.3 is 0 Å². The molecule has 0 bridgehead atoms. The highest BCUT2D eigenvalue weighted by Crippen LogP contribution is 2.18. The van der Waals surface area contributed by atoms with Crippen LogP contribution in [0, 0.1) is 0 Å². The van der Waals surface area contributed by atoms with E-state index in [4.69, 9.17) is 17.4 Å². The van der Waals surface area contributed by atoms with Crippen molar-refractivity contribution in [2.45, 2.75) is 9.79 Å². The number of thiocarbonyl (C=S) groups is 1. The summed E-state index contributed by atoms with van der Waals surface area (Å²) >= 11 is 5.39. The van der Waals surface area contributed by atoms with Gasteiger partial charge in [0.25, 0.3) is 0 Å². The van der Waals surface area contributed by atoms with Gasteiger partial charge in [0.05, 0.1) is 9.79 Å². The van der Waals surface area contributed by atoms with E-state index in [1.807, 2.05) is 4.90 Å². The average molecular weight is 441 g/mol. The van der Waals surface area contributed by atoms with E-state index in [-0.39, 0.29) is 9.79 Å². The highest BCUT2D eigenvalue weighted by atomic mass is 32.2. The van der Waals surface area contributed by atoms with E-state index >= 15 is 0 Å². The van der Waals surface area contributed by atoms with Crippen molar-refractivity contribution in [3.8, 4) is 0 Å². The van der Waals surface area contributed by atoms with Crippen molar-refractivity contribution in [3.63, 3.8) is 0 Å². The minimum atomic E-state index is -3.75. The lowest BCUT2D eigenvalue weighted by atomic mass is 10.3. The van der Waals surface area contributed by atoms with Gasteiger partial charge in [0.2, 0.25) is 20.0 Å². The summed E-state index contributed by atoms with van der Waals surface area (Å²) in [4.78, 5) is 2.17. The van der Waals surface area contributed by atoms with Gasteiger partial charge in [0, 0.05) is 31.9 Å². The summed E-state index contributed by atoms with van der Waals surface area (Å²) in [5.41, 5.74) is 0.622. The fraction of sp³-hybridized carbons (Fsp3) is 0.235. The monoisotopic (exact) mass is 440 g/mol. The molecule has 0 unspecified atom stereocenters. The third-order valence-electron chi connectivity index (χ3n) is 4.34. The number of anilines is 1. The number of rotatable bonds is 4. The van der Waals surface area contributed by atoms with Gasteiger partial charge in [-0.05, 0) is 48.6 Å². The molecule has 28 heavy (non-hydrogen) atoms. The predicted molar refractivity (Wildman–Crippen MR) is 111 cm³/mol. The molecule has 1 saturated heterocycles. The number of primary sulfonamides is 1. The van der Waals surface area contributed by atoms with Crippen molar-refractivity contribution in [2.24, 2.45) is 5.14 Å². The van der Waals surface area contributed by atoms with Crippen molar-refractivity contribution in [1.29, 1.82) is 0 Å². The average Bonchev–Trinajstić information content (AvgIpc) is 2.68. The van der Waals surface area contributed by atoms with Crippen LogP contribution < -0.4 is 10.5 Å². The van der Waals surface area contributed by atoms with E-state index in [0.29, 0.717) is 37.0 Å². The first-order valence-corrected chi connectivity index (χ1v) is 11.8. The topological polar surface area (TPSA) is 113 Å². The fourth-order valence-corrected chi connectivity index (χ4v) is 5.06.